The molecule has 4 aromatic rings. The topological polar surface area (TPSA) is 52.0 Å². The molecule has 0 saturated carbocycles. The molecule has 6 heteroatoms. The summed E-state index contributed by atoms with van der Waals surface area (Å²) in [6.45, 7) is 0. The monoisotopic (exact) mass is 392 g/mol. The van der Waals surface area contributed by atoms with Gasteiger partial charge in [0.15, 0.2) is 9.84 Å². The lowest BCUT2D eigenvalue weighted by Crippen LogP contribution is -1.99. The van der Waals surface area contributed by atoms with Crippen LogP contribution in [0.1, 0.15) is 0 Å². The molecule has 0 fully saturated rings. The van der Waals surface area contributed by atoms with Gasteiger partial charge in [0.05, 0.1) is 10.6 Å². The molecule has 0 aliphatic heterocycles. The summed E-state index contributed by atoms with van der Waals surface area (Å²) in [6.07, 6.45) is 3.07. The number of hydrogen-bond acceptors (Lipinski definition) is 3. The van der Waals surface area contributed by atoms with Crippen molar-refractivity contribution in [2.24, 2.45) is 0 Å². The minimum absolute atomic E-state index is 0.253. The second-order valence-corrected chi connectivity index (χ2v) is 8.47. The first-order chi connectivity index (χ1) is 13.4. The number of rotatable bonds is 4. The number of imidazole rings is 1. The van der Waals surface area contributed by atoms with Crippen molar-refractivity contribution in [1.29, 1.82) is 0 Å². The maximum absolute atomic E-state index is 13.4. The van der Waals surface area contributed by atoms with Gasteiger partial charge in [-0.1, -0.05) is 30.3 Å². The SMILES string of the molecule is CS(=O)(=O)c1ccc(-n2cc(-c3ccccc3)nc2-c2ccc(F)cc2)cc1. The van der Waals surface area contributed by atoms with Crippen LogP contribution in [0.4, 0.5) is 4.39 Å². The Morgan fingerprint density at radius 2 is 1.46 bits per heavy atom. The van der Waals surface area contributed by atoms with Gasteiger partial charge in [-0.15, -0.1) is 0 Å². The van der Waals surface area contributed by atoms with Crippen LogP contribution >= 0.6 is 0 Å². The van der Waals surface area contributed by atoms with Crippen molar-refractivity contribution < 1.29 is 12.8 Å². The Hall–Kier alpha value is -3.25. The van der Waals surface area contributed by atoms with E-state index in [1.807, 2.05) is 41.1 Å². The first kappa shape index (κ1) is 18.1. The van der Waals surface area contributed by atoms with Gasteiger partial charge in [-0.3, -0.25) is 4.57 Å². The number of nitrogens with zero attached hydrogens (tertiary/aromatic N) is 2. The van der Waals surface area contributed by atoms with Gasteiger partial charge in [-0.2, -0.15) is 0 Å². The molecule has 0 N–H and O–H groups in total. The van der Waals surface area contributed by atoms with Gasteiger partial charge in [-0.25, -0.2) is 17.8 Å². The van der Waals surface area contributed by atoms with E-state index in [0.29, 0.717) is 5.82 Å². The number of benzene rings is 3. The van der Waals surface area contributed by atoms with Crippen LogP contribution in [0.5, 0.6) is 0 Å². The van der Waals surface area contributed by atoms with E-state index in [4.69, 9.17) is 4.98 Å². The quantitative estimate of drug-likeness (QED) is 0.504. The molecule has 0 radical (unpaired) electrons. The van der Waals surface area contributed by atoms with Crippen molar-refractivity contribution in [1.82, 2.24) is 9.55 Å². The van der Waals surface area contributed by atoms with Crippen molar-refractivity contribution in [3.05, 3.63) is 90.9 Å². The molecule has 4 rings (SSSR count). The standard InChI is InChI=1S/C22H17FN2O2S/c1-28(26,27)20-13-11-19(12-14-20)25-15-21(16-5-3-2-4-6-16)24-22(25)17-7-9-18(23)10-8-17/h2-15H,1H3. The van der Waals surface area contributed by atoms with Crippen LogP contribution in [-0.2, 0) is 9.84 Å². The van der Waals surface area contributed by atoms with Crippen molar-refractivity contribution >= 4 is 9.84 Å². The molecule has 0 bridgehead atoms. The maximum Gasteiger partial charge on any atom is 0.175 e. The molecule has 1 heterocycles. The predicted octanol–water partition coefficient (Wildman–Crippen LogP) is 4.75. The number of hydrogen-bond donors (Lipinski definition) is 0. The van der Waals surface area contributed by atoms with Crippen LogP contribution in [0, 0.1) is 5.82 Å². The second-order valence-electron chi connectivity index (χ2n) is 6.46. The van der Waals surface area contributed by atoms with Crippen LogP contribution in [0.3, 0.4) is 0 Å². The largest absolute Gasteiger partial charge is 0.299 e. The van der Waals surface area contributed by atoms with Gasteiger partial charge in [0.25, 0.3) is 0 Å². The second kappa shape index (κ2) is 7.05. The van der Waals surface area contributed by atoms with E-state index in [1.54, 1.807) is 36.4 Å². The van der Waals surface area contributed by atoms with E-state index in [0.717, 1.165) is 22.5 Å². The summed E-state index contributed by atoms with van der Waals surface area (Å²) in [7, 11) is -3.27. The highest BCUT2D eigenvalue weighted by molar-refractivity contribution is 7.90. The highest BCUT2D eigenvalue weighted by Crippen LogP contribution is 2.28. The zero-order valence-electron chi connectivity index (χ0n) is 15.1. The fraction of sp³-hybridized carbons (Fsp3) is 0.0455. The highest BCUT2D eigenvalue weighted by atomic mass is 32.2. The molecule has 0 atom stereocenters. The predicted molar refractivity (Wildman–Crippen MR) is 108 cm³/mol. The zero-order chi connectivity index (χ0) is 19.7. The van der Waals surface area contributed by atoms with Gasteiger partial charge in [0.2, 0.25) is 0 Å². The first-order valence-corrected chi connectivity index (χ1v) is 10.5. The lowest BCUT2D eigenvalue weighted by Gasteiger charge is -2.08. The third-order valence-electron chi connectivity index (χ3n) is 4.42. The number of halogens is 1. The minimum Gasteiger partial charge on any atom is -0.299 e. The van der Waals surface area contributed by atoms with Gasteiger partial charge in [0.1, 0.15) is 11.6 Å². The third kappa shape index (κ3) is 3.59. The molecule has 28 heavy (non-hydrogen) atoms. The molecule has 0 aliphatic carbocycles. The lowest BCUT2D eigenvalue weighted by atomic mass is 10.2. The average Bonchev–Trinajstić information content (AvgIpc) is 3.14. The Morgan fingerprint density at radius 1 is 0.821 bits per heavy atom. The fourth-order valence-electron chi connectivity index (χ4n) is 2.98. The van der Waals surface area contributed by atoms with E-state index < -0.39 is 9.84 Å². The summed E-state index contributed by atoms with van der Waals surface area (Å²) in [5, 5.41) is 0. The van der Waals surface area contributed by atoms with E-state index >= 15 is 0 Å². The van der Waals surface area contributed by atoms with Crippen LogP contribution in [0.25, 0.3) is 28.3 Å². The summed E-state index contributed by atoms with van der Waals surface area (Å²) in [5.74, 6) is 0.327. The molecule has 140 valence electrons. The Kier molecular flexibility index (Phi) is 4.57. The molecular formula is C22H17FN2O2S. The van der Waals surface area contributed by atoms with Crippen molar-refractivity contribution in [3.8, 4) is 28.3 Å². The maximum atomic E-state index is 13.4. The Labute approximate surface area is 162 Å². The van der Waals surface area contributed by atoms with Crippen molar-refractivity contribution in [3.63, 3.8) is 0 Å². The van der Waals surface area contributed by atoms with Gasteiger partial charge in [-0.05, 0) is 48.5 Å². The van der Waals surface area contributed by atoms with E-state index in [9.17, 15) is 12.8 Å². The fourth-order valence-corrected chi connectivity index (χ4v) is 3.61. The van der Waals surface area contributed by atoms with Gasteiger partial charge < -0.3 is 0 Å². The average molecular weight is 392 g/mol. The zero-order valence-corrected chi connectivity index (χ0v) is 15.9. The summed E-state index contributed by atoms with van der Waals surface area (Å²) in [6, 6.07) is 22.5. The molecule has 0 amide bonds. The molecular weight excluding hydrogens is 375 g/mol. The van der Waals surface area contributed by atoms with Crippen LogP contribution < -0.4 is 0 Å². The Balaban J connectivity index is 1.87. The van der Waals surface area contributed by atoms with Crippen LogP contribution in [-0.4, -0.2) is 24.2 Å². The highest BCUT2D eigenvalue weighted by Gasteiger charge is 2.14. The Morgan fingerprint density at radius 3 is 2.07 bits per heavy atom. The summed E-state index contributed by atoms with van der Waals surface area (Å²) < 4.78 is 38.7. The minimum atomic E-state index is -3.27. The van der Waals surface area contributed by atoms with Crippen molar-refractivity contribution in [2.75, 3.05) is 6.26 Å². The van der Waals surface area contributed by atoms with Crippen LogP contribution in [0.2, 0.25) is 0 Å². The van der Waals surface area contributed by atoms with E-state index in [-0.39, 0.29) is 10.7 Å². The number of sulfone groups is 1. The first-order valence-electron chi connectivity index (χ1n) is 8.63. The Bertz CT molecular complexity index is 1210. The lowest BCUT2D eigenvalue weighted by molar-refractivity contribution is 0.602. The molecule has 1 aromatic heterocycles. The summed E-state index contributed by atoms with van der Waals surface area (Å²) in [4.78, 5) is 5.00. The molecule has 0 saturated heterocycles. The summed E-state index contributed by atoms with van der Waals surface area (Å²) >= 11 is 0. The smallest absolute Gasteiger partial charge is 0.175 e. The van der Waals surface area contributed by atoms with E-state index in [1.165, 1.54) is 18.4 Å². The molecule has 0 spiro atoms. The van der Waals surface area contributed by atoms with E-state index in [2.05, 4.69) is 0 Å². The van der Waals surface area contributed by atoms with Gasteiger partial charge >= 0.3 is 0 Å². The van der Waals surface area contributed by atoms with Gasteiger partial charge in [0, 0.05) is 29.3 Å². The molecule has 3 aromatic carbocycles. The van der Waals surface area contributed by atoms with Crippen LogP contribution in [0.15, 0.2) is 90.0 Å². The summed E-state index contributed by atoms with van der Waals surface area (Å²) in [5.41, 5.74) is 3.25. The molecule has 4 nitrogen and oxygen atoms in total. The number of aromatic nitrogens is 2. The van der Waals surface area contributed by atoms with Crippen molar-refractivity contribution in [2.45, 2.75) is 4.90 Å². The molecule has 0 unspecified atom stereocenters. The normalized spacial score (nSPS) is 11.5. The molecule has 0 aliphatic rings. The third-order valence-corrected chi connectivity index (χ3v) is 5.55.